The summed E-state index contributed by atoms with van der Waals surface area (Å²) in [6.45, 7) is 8.66. The minimum absolute atomic E-state index is 0.185. The maximum Gasteiger partial charge on any atom is 0.0918 e. The van der Waals surface area contributed by atoms with Crippen molar-refractivity contribution in [1.82, 2.24) is 4.90 Å². The molecule has 0 radical (unpaired) electrons. The highest BCUT2D eigenvalue weighted by Gasteiger charge is 2.45. The Balaban J connectivity index is 1.31. The van der Waals surface area contributed by atoms with Crippen LogP contribution in [-0.4, -0.2) is 37.1 Å². The molecule has 5 rings (SSSR count). The third-order valence-corrected chi connectivity index (χ3v) is 9.11. The molecule has 1 saturated heterocycles. The van der Waals surface area contributed by atoms with Crippen LogP contribution in [0.1, 0.15) is 62.5 Å². The van der Waals surface area contributed by atoms with Gasteiger partial charge in [-0.3, -0.25) is 4.90 Å². The summed E-state index contributed by atoms with van der Waals surface area (Å²) in [5.74, 6) is 0.665. The molecule has 4 heteroatoms. The van der Waals surface area contributed by atoms with Crippen molar-refractivity contribution < 1.29 is 4.74 Å². The van der Waals surface area contributed by atoms with Crippen LogP contribution in [0.4, 0.5) is 5.69 Å². The molecule has 3 aliphatic rings. The molecule has 0 N–H and O–H groups in total. The lowest BCUT2D eigenvalue weighted by molar-refractivity contribution is 0.0396. The van der Waals surface area contributed by atoms with E-state index in [0.29, 0.717) is 12.5 Å². The van der Waals surface area contributed by atoms with Gasteiger partial charge in [0.05, 0.1) is 12.7 Å². The molecule has 2 unspecified atom stereocenters. The normalized spacial score (nSPS) is 23.7. The molecule has 1 aromatic carbocycles. The number of piperidine rings is 1. The lowest BCUT2D eigenvalue weighted by Gasteiger charge is -2.53. The van der Waals surface area contributed by atoms with Crippen LogP contribution in [0, 0.1) is 5.92 Å². The van der Waals surface area contributed by atoms with Crippen molar-refractivity contribution >= 4 is 17.0 Å². The Bertz CT molecular complexity index is 1000. The van der Waals surface area contributed by atoms with Gasteiger partial charge in [-0.15, -0.1) is 11.3 Å². The lowest BCUT2D eigenvalue weighted by atomic mass is 9.69. The van der Waals surface area contributed by atoms with E-state index in [0.717, 1.165) is 19.5 Å². The number of benzene rings is 1. The number of fused-ring (bicyclic) bond motifs is 1. The zero-order valence-corrected chi connectivity index (χ0v) is 21.2. The van der Waals surface area contributed by atoms with Crippen LogP contribution in [0.15, 0.2) is 65.1 Å². The number of anilines is 1. The van der Waals surface area contributed by atoms with Crippen LogP contribution in [0.25, 0.3) is 0 Å². The average molecular weight is 463 g/mol. The van der Waals surface area contributed by atoms with Crippen molar-refractivity contribution in [3.63, 3.8) is 0 Å². The maximum absolute atomic E-state index is 6.42. The Hall–Kier alpha value is -1.88. The van der Waals surface area contributed by atoms with Gasteiger partial charge in [-0.25, -0.2) is 0 Å². The Morgan fingerprint density at radius 2 is 1.94 bits per heavy atom. The van der Waals surface area contributed by atoms with Gasteiger partial charge in [0.15, 0.2) is 0 Å². The first-order valence-corrected chi connectivity index (χ1v) is 13.6. The van der Waals surface area contributed by atoms with Gasteiger partial charge in [0.1, 0.15) is 0 Å². The highest BCUT2D eigenvalue weighted by molar-refractivity contribution is 7.10. The first-order chi connectivity index (χ1) is 16.1. The van der Waals surface area contributed by atoms with Gasteiger partial charge >= 0.3 is 0 Å². The second-order valence-corrected chi connectivity index (χ2v) is 11.1. The van der Waals surface area contributed by atoms with E-state index in [2.05, 4.69) is 84.6 Å². The number of thiophene rings is 1. The van der Waals surface area contributed by atoms with Crippen LogP contribution in [0.3, 0.4) is 0 Å². The topological polar surface area (TPSA) is 15.7 Å². The molecule has 33 heavy (non-hydrogen) atoms. The Labute approximate surface area is 203 Å². The van der Waals surface area contributed by atoms with Crippen LogP contribution in [0.2, 0.25) is 0 Å². The summed E-state index contributed by atoms with van der Waals surface area (Å²) >= 11 is 1.80. The number of ether oxygens (including phenoxy) is 1. The van der Waals surface area contributed by atoms with E-state index in [1.54, 1.807) is 22.5 Å². The molecule has 3 heterocycles. The van der Waals surface area contributed by atoms with Crippen molar-refractivity contribution in [3.05, 3.63) is 75.5 Å². The summed E-state index contributed by atoms with van der Waals surface area (Å²) in [7, 11) is 2.36. The van der Waals surface area contributed by atoms with Crippen LogP contribution in [-0.2, 0) is 11.3 Å². The monoisotopic (exact) mass is 462 g/mol. The van der Waals surface area contributed by atoms with Crippen LogP contribution >= 0.6 is 11.3 Å². The predicted molar refractivity (Wildman–Crippen MR) is 140 cm³/mol. The van der Waals surface area contributed by atoms with E-state index < -0.39 is 0 Å². The number of nitrogens with zero attached hydrogens (tertiary/aromatic N) is 2. The first-order valence-electron chi connectivity index (χ1n) is 12.7. The predicted octanol–water partition coefficient (Wildman–Crippen LogP) is 6.98. The van der Waals surface area contributed by atoms with Gasteiger partial charge in [-0.05, 0) is 73.7 Å². The van der Waals surface area contributed by atoms with Crippen molar-refractivity contribution in [2.45, 2.75) is 64.2 Å². The van der Waals surface area contributed by atoms with Crippen LogP contribution < -0.4 is 4.90 Å². The highest BCUT2D eigenvalue weighted by Crippen LogP contribution is 2.46. The molecule has 1 aromatic heterocycles. The number of hydrogen-bond acceptors (Lipinski definition) is 4. The molecule has 2 aromatic rings. The number of likely N-dealkylation sites (N-methyl/N-ethyl adjacent to an activating group) is 1. The average Bonchev–Trinajstić information content (AvgIpc) is 3.38. The van der Waals surface area contributed by atoms with Gasteiger partial charge in [0.2, 0.25) is 0 Å². The SMILES string of the molecule is CCC(OCc1ccccc1N1CCC2(CC1)C1=C(C=CC(C)C1)CCN2C)c1cccs1. The summed E-state index contributed by atoms with van der Waals surface area (Å²) in [6, 6.07) is 13.2. The van der Waals surface area contributed by atoms with Gasteiger partial charge in [0, 0.05) is 41.3 Å². The molecule has 1 aliphatic carbocycles. The van der Waals surface area contributed by atoms with Gasteiger partial charge in [0.25, 0.3) is 0 Å². The molecule has 2 aliphatic heterocycles. The Kier molecular flexibility index (Phi) is 6.78. The van der Waals surface area contributed by atoms with E-state index in [4.69, 9.17) is 4.74 Å². The molecule has 176 valence electrons. The maximum atomic E-state index is 6.42. The minimum Gasteiger partial charge on any atom is -0.371 e. The fourth-order valence-corrected chi connectivity index (χ4v) is 7.02. The van der Waals surface area contributed by atoms with Crippen molar-refractivity contribution in [3.8, 4) is 0 Å². The first kappa shape index (κ1) is 22.9. The van der Waals surface area contributed by atoms with Crippen molar-refractivity contribution in [2.24, 2.45) is 5.92 Å². The standard InChI is InChI=1S/C29H38N2OS/c1-4-27(28-10-7-19-33-28)32-21-24-8-5-6-9-26(24)31-17-14-29(15-18-31)25-20-22(2)11-12-23(25)13-16-30(29)3/h5-12,19,22,27H,4,13-18,20-21H2,1-3H3. The molecule has 2 atom stereocenters. The molecule has 3 nitrogen and oxygen atoms in total. The van der Waals surface area contributed by atoms with Gasteiger partial charge in [-0.2, -0.15) is 0 Å². The zero-order chi connectivity index (χ0) is 22.8. The van der Waals surface area contributed by atoms with Crippen molar-refractivity contribution in [2.75, 3.05) is 31.6 Å². The Morgan fingerprint density at radius 1 is 1.12 bits per heavy atom. The summed E-state index contributed by atoms with van der Waals surface area (Å²) in [5, 5.41) is 2.14. The van der Waals surface area contributed by atoms with E-state index in [9.17, 15) is 0 Å². The largest absolute Gasteiger partial charge is 0.371 e. The zero-order valence-electron chi connectivity index (χ0n) is 20.4. The fourth-order valence-electron chi connectivity index (χ4n) is 6.17. The fraction of sp³-hybridized carbons (Fsp3) is 0.517. The smallest absolute Gasteiger partial charge is 0.0918 e. The molecule has 0 amide bonds. The summed E-state index contributed by atoms with van der Waals surface area (Å²) < 4.78 is 6.42. The van der Waals surface area contributed by atoms with E-state index in [-0.39, 0.29) is 11.6 Å². The number of para-hydroxylation sites is 1. The number of allylic oxidation sites excluding steroid dienone is 2. The lowest BCUT2D eigenvalue weighted by Crippen LogP contribution is -2.58. The van der Waals surface area contributed by atoms with Crippen molar-refractivity contribution in [1.29, 1.82) is 0 Å². The number of rotatable bonds is 6. The molecule has 1 fully saturated rings. The third kappa shape index (κ3) is 4.45. The summed E-state index contributed by atoms with van der Waals surface area (Å²) in [4.78, 5) is 6.62. The minimum atomic E-state index is 0.185. The molecule has 1 spiro atoms. The molecular weight excluding hydrogens is 424 g/mol. The van der Waals surface area contributed by atoms with Gasteiger partial charge < -0.3 is 9.64 Å². The van der Waals surface area contributed by atoms with Gasteiger partial charge in [-0.1, -0.05) is 50.3 Å². The van der Waals surface area contributed by atoms with E-state index >= 15 is 0 Å². The number of hydrogen-bond donors (Lipinski definition) is 0. The molecule has 0 bridgehead atoms. The molecule has 0 saturated carbocycles. The second kappa shape index (κ2) is 9.77. The van der Waals surface area contributed by atoms with E-state index in [1.807, 2.05) is 0 Å². The second-order valence-electron chi connectivity index (χ2n) is 10.1. The summed E-state index contributed by atoms with van der Waals surface area (Å²) in [6.07, 6.45) is 10.9. The quantitative estimate of drug-likeness (QED) is 0.460. The third-order valence-electron chi connectivity index (χ3n) is 8.14. The van der Waals surface area contributed by atoms with E-state index in [1.165, 1.54) is 48.4 Å². The highest BCUT2D eigenvalue weighted by atomic mass is 32.1. The molecular formula is C29H38N2OS. The summed E-state index contributed by atoms with van der Waals surface area (Å²) in [5.41, 5.74) is 6.30. The Morgan fingerprint density at radius 3 is 2.70 bits per heavy atom. The van der Waals surface area contributed by atoms with Crippen LogP contribution in [0.5, 0.6) is 0 Å².